The number of anilines is 1. The highest BCUT2D eigenvalue weighted by molar-refractivity contribution is 7.21. The number of carbonyl (C=O) groups is 3. The van der Waals surface area contributed by atoms with Gasteiger partial charge >= 0.3 is 11.9 Å². The number of ether oxygens (including phenoxy) is 2. The zero-order valence-corrected chi connectivity index (χ0v) is 20.9. The van der Waals surface area contributed by atoms with Crippen molar-refractivity contribution in [3.05, 3.63) is 36.4 Å². The largest absolute Gasteiger partial charge is 0.494 e. The number of benzene rings is 2. The van der Waals surface area contributed by atoms with E-state index < -0.39 is 30.5 Å². The number of nitrogens with two attached hydrogens (primary N) is 1. The average molecular weight is 536 g/mol. The van der Waals surface area contributed by atoms with E-state index in [9.17, 15) is 14.4 Å². The number of rotatable bonds is 12. The summed E-state index contributed by atoms with van der Waals surface area (Å²) < 4.78 is 11.7. The SMILES string of the molecule is CCOc1ccc2nc(/N=N/c3ccc(NC(=O)CCC(N)C(=O)O)cc3OCC(=O)O)sc2c1.N.N. The maximum Gasteiger partial charge on any atom is 0.341 e. The Balaban J connectivity index is 0.00000342. The van der Waals surface area contributed by atoms with Gasteiger partial charge in [-0.25, -0.2) is 9.78 Å². The molecule has 15 heteroatoms. The number of nitrogens with zero attached hydrogens (tertiary/aromatic N) is 3. The third kappa shape index (κ3) is 9.08. The summed E-state index contributed by atoms with van der Waals surface area (Å²) in [6.45, 7) is 1.81. The standard InChI is InChI=1S/C22H23N5O7S.2H3N/c1-2-33-13-4-7-16-18(10-13)35-22(25-16)27-26-15-6-3-12(9-17(15)34-11-20(29)30)24-19(28)8-5-14(23)21(31)32;;/h3-4,6-7,9-10,14H,2,5,8,11,23H2,1H3,(H,24,28)(H,29,30)(H,31,32);2*1H3/b27-26+;;. The molecule has 1 aromatic heterocycles. The van der Waals surface area contributed by atoms with E-state index in [1.54, 1.807) is 0 Å². The van der Waals surface area contributed by atoms with Crippen molar-refractivity contribution >= 4 is 55.9 Å². The van der Waals surface area contributed by atoms with Gasteiger partial charge in [0.25, 0.3) is 0 Å². The minimum atomic E-state index is -1.19. The molecule has 1 amide bonds. The lowest BCUT2D eigenvalue weighted by Gasteiger charge is -2.11. The first kappa shape index (κ1) is 30.9. The van der Waals surface area contributed by atoms with Gasteiger partial charge in [-0.2, -0.15) is 0 Å². The maximum absolute atomic E-state index is 12.1. The maximum atomic E-state index is 12.1. The Morgan fingerprint density at radius 1 is 1.11 bits per heavy atom. The highest BCUT2D eigenvalue weighted by atomic mass is 32.1. The molecule has 200 valence electrons. The molecule has 0 saturated carbocycles. The first-order valence-electron chi connectivity index (χ1n) is 10.5. The number of nitrogens with one attached hydrogen (secondary N) is 1. The van der Waals surface area contributed by atoms with Crippen LogP contribution in [-0.2, 0) is 14.4 Å². The van der Waals surface area contributed by atoms with Crippen molar-refractivity contribution < 1.29 is 34.1 Å². The van der Waals surface area contributed by atoms with Crippen molar-refractivity contribution in [3.8, 4) is 11.5 Å². The fourth-order valence-corrected chi connectivity index (χ4v) is 3.67. The molecule has 0 radical (unpaired) electrons. The smallest absolute Gasteiger partial charge is 0.341 e. The van der Waals surface area contributed by atoms with Gasteiger partial charge < -0.3 is 43.0 Å². The van der Waals surface area contributed by atoms with Crippen molar-refractivity contribution in [2.24, 2.45) is 16.0 Å². The van der Waals surface area contributed by atoms with Gasteiger partial charge in [-0.15, -0.1) is 10.2 Å². The van der Waals surface area contributed by atoms with Crippen LogP contribution in [0.4, 0.5) is 16.5 Å². The Morgan fingerprint density at radius 2 is 1.86 bits per heavy atom. The number of aromatic nitrogens is 1. The van der Waals surface area contributed by atoms with Gasteiger partial charge in [0.15, 0.2) is 6.61 Å². The van der Waals surface area contributed by atoms with E-state index in [0.717, 1.165) is 16.0 Å². The summed E-state index contributed by atoms with van der Waals surface area (Å²) in [5, 5.41) is 29.0. The summed E-state index contributed by atoms with van der Waals surface area (Å²) in [5.41, 5.74) is 6.68. The minimum Gasteiger partial charge on any atom is -0.494 e. The van der Waals surface area contributed by atoms with Crippen LogP contribution in [0.25, 0.3) is 10.2 Å². The molecule has 14 nitrogen and oxygen atoms in total. The quantitative estimate of drug-likeness (QED) is 0.180. The van der Waals surface area contributed by atoms with Gasteiger partial charge in [0.2, 0.25) is 11.0 Å². The molecular formula is C22H29N7O7S. The number of carbonyl (C=O) groups excluding carboxylic acids is 1. The fraction of sp³-hybridized carbons (Fsp3) is 0.273. The molecule has 1 heterocycles. The lowest BCUT2D eigenvalue weighted by molar-refractivity contribution is -0.140. The van der Waals surface area contributed by atoms with Gasteiger partial charge in [0.1, 0.15) is 23.2 Å². The summed E-state index contributed by atoms with van der Waals surface area (Å²) in [4.78, 5) is 38.3. The Labute approximate surface area is 215 Å². The van der Waals surface area contributed by atoms with Crippen LogP contribution in [-0.4, -0.2) is 52.3 Å². The first-order valence-corrected chi connectivity index (χ1v) is 11.3. The molecular weight excluding hydrogens is 506 g/mol. The van der Waals surface area contributed by atoms with Gasteiger partial charge in [0, 0.05) is 18.2 Å². The molecule has 37 heavy (non-hydrogen) atoms. The van der Waals surface area contributed by atoms with Crippen molar-refractivity contribution in [2.75, 3.05) is 18.5 Å². The van der Waals surface area contributed by atoms with Gasteiger partial charge in [-0.3, -0.25) is 9.59 Å². The Kier molecular flexibility index (Phi) is 12.0. The average Bonchev–Trinajstić information content (AvgIpc) is 3.22. The summed E-state index contributed by atoms with van der Waals surface area (Å²) in [7, 11) is 0. The molecule has 0 bridgehead atoms. The normalized spacial score (nSPS) is 11.3. The van der Waals surface area contributed by atoms with E-state index in [4.69, 9.17) is 25.4 Å². The van der Waals surface area contributed by atoms with Gasteiger partial charge in [-0.05, 0) is 43.7 Å². The van der Waals surface area contributed by atoms with Crippen molar-refractivity contribution in [2.45, 2.75) is 25.8 Å². The molecule has 3 rings (SSSR count). The second kappa shape index (κ2) is 14.4. The minimum absolute atomic E-state index is 0. The van der Waals surface area contributed by atoms with E-state index in [1.807, 2.05) is 25.1 Å². The molecule has 1 unspecified atom stereocenters. The summed E-state index contributed by atoms with van der Waals surface area (Å²) in [6, 6.07) is 8.77. The molecule has 0 aliphatic heterocycles. The first-order chi connectivity index (χ1) is 16.7. The van der Waals surface area contributed by atoms with Crippen LogP contribution in [0, 0.1) is 0 Å². The van der Waals surface area contributed by atoms with E-state index in [1.165, 1.54) is 29.5 Å². The third-order valence-corrected chi connectivity index (χ3v) is 5.40. The van der Waals surface area contributed by atoms with Crippen LogP contribution in [0.5, 0.6) is 11.5 Å². The highest BCUT2D eigenvalue weighted by Crippen LogP contribution is 2.35. The highest BCUT2D eigenvalue weighted by Gasteiger charge is 2.15. The zero-order chi connectivity index (χ0) is 25.4. The predicted octanol–water partition coefficient (Wildman–Crippen LogP) is 4.03. The molecule has 1 atom stereocenters. The monoisotopic (exact) mass is 535 g/mol. The summed E-state index contributed by atoms with van der Waals surface area (Å²) >= 11 is 1.31. The van der Waals surface area contributed by atoms with E-state index in [2.05, 4.69) is 20.5 Å². The summed E-state index contributed by atoms with van der Waals surface area (Å²) in [5.74, 6) is -2.04. The number of azo groups is 1. The number of carboxylic acids is 2. The third-order valence-electron chi connectivity index (χ3n) is 4.50. The Morgan fingerprint density at radius 3 is 2.54 bits per heavy atom. The second-order valence-corrected chi connectivity index (χ2v) is 8.16. The Hall–Kier alpha value is -4.18. The number of hydrogen-bond acceptors (Lipinski definition) is 12. The number of aliphatic carboxylic acids is 2. The van der Waals surface area contributed by atoms with Crippen molar-refractivity contribution in [1.29, 1.82) is 0 Å². The molecule has 0 spiro atoms. The fourth-order valence-electron chi connectivity index (χ4n) is 2.85. The Bertz CT molecular complexity index is 1270. The van der Waals surface area contributed by atoms with Crippen molar-refractivity contribution in [1.82, 2.24) is 17.3 Å². The number of amides is 1. The topological polar surface area (TPSA) is 256 Å². The van der Waals surface area contributed by atoms with Crippen LogP contribution in [0.1, 0.15) is 19.8 Å². The van der Waals surface area contributed by atoms with Gasteiger partial charge in [0.05, 0.1) is 16.8 Å². The number of hydrogen-bond donors (Lipinski definition) is 6. The van der Waals surface area contributed by atoms with E-state index >= 15 is 0 Å². The zero-order valence-electron chi connectivity index (χ0n) is 20.0. The van der Waals surface area contributed by atoms with Crippen LogP contribution >= 0.6 is 11.3 Å². The van der Waals surface area contributed by atoms with Crippen LogP contribution in [0.3, 0.4) is 0 Å². The molecule has 0 saturated heterocycles. The number of thiazole rings is 1. The van der Waals surface area contributed by atoms with Crippen LogP contribution < -0.4 is 32.8 Å². The lowest BCUT2D eigenvalue weighted by Crippen LogP contribution is -2.31. The molecule has 11 N–H and O–H groups in total. The summed E-state index contributed by atoms with van der Waals surface area (Å²) in [6.07, 6.45) is -0.146. The number of fused-ring (bicyclic) bond motifs is 1. The predicted molar refractivity (Wildman–Crippen MR) is 138 cm³/mol. The number of carboxylic acid groups (broad SMARTS) is 2. The van der Waals surface area contributed by atoms with Crippen molar-refractivity contribution in [3.63, 3.8) is 0 Å². The van der Waals surface area contributed by atoms with Gasteiger partial charge in [-0.1, -0.05) is 11.3 Å². The van der Waals surface area contributed by atoms with Crippen LogP contribution in [0.15, 0.2) is 46.6 Å². The molecule has 2 aromatic carbocycles. The molecule has 3 aromatic rings. The van der Waals surface area contributed by atoms with E-state index in [-0.39, 0.29) is 36.6 Å². The lowest BCUT2D eigenvalue weighted by atomic mass is 10.1. The van der Waals surface area contributed by atoms with Crippen LogP contribution in [0.2, 0.25) is 0 Å². The molecule has 0 fully saturated rings. The molecule has 0 aliphatic carbocycles. The van der Waals surface area contributed by atoms with E-state index in [0.29, 0.717) is 17.4 Å². The molecule has 0 aliphatic rings. The second-order valence-electron chi connectivity index (χ2n) is 7.16.